The molecule has 0 bridgehead atoms. The molecule has 2 aromatic rings. The Hall–Kier alpha value is -3.04. The van der Waals surface area contributed by atoms with Crippen molar-refractivity contribution in [3.05, 3.63) is 88.1 Å². The van der Waals surface area contributed by atoms with Gasteiger partial charge in [-0.25, -0.2) is 0 Å². The first-order chi connectivity index (χ1) is 13.7. The summed E-state index contributed by atoms with van der Waals surface area (Å²) in [5.41, 5.74) is 11.0. The van der Waals surface area contributed by atoms with Crippen LogP contribution in [0, 0.1) is 18.3 Å². The molecule has 6 heteroatoms. The number of alkyl halides is 3. The van der Waals surface area contributed by atoms with Crippen LogP contribution in [0.1, 0.15) is 47.6 Å². The van der Waals surface area contributed by atoms with Gasteiger partial charge in [-0.2, -0.15) is 18.4 Å². The number of nitrogens with zero attached hydrogens (tertiary/aromatic N) is 1. The van der Waals surface area contributed by atoms with Crippen LogP contribution in [0.3, 0.4) is 0 Å². The summed E-state index contributed by atoms with van der Waals surface area (Å²) in [6.45, 7) is 6.03. The van der Waals surface area contributed by atoms with Gasteiger partial charge in [0, 0.05) is 11.4 Å². The van der Waals surface area contributed by atoms with Crippen LogP contribution in [-0.4, -0.2) is 0 Å². The zero-order valence-electron chi connectivity index (χ0n) is 16.1. The van der Waals surface area contributed by atoms with Crippen molar-refractivity contribution in [2.75, 3.05) is 5.32 Å². The van der Waals surface area contributed by atoms with Gasteiger partial charge in [-0.3, -0.25) is 0 Å². The van der Waals surface area contributed by atoms with E-state index in [1.54, 1.807) is 18.2 Å². The van der Waals surface area contributed by atoms with E-state index in [0.29, 0.717) is 17.7 Å². The Balaban J connectivity index is 2.00. The molecule has 3 rings (SSSR count). The number of nitrogens with one attached hydrogen (secondary N) is 1. The first-order valence-electron chi connectivity index (χ1n) is 9.32. The van der Waals surface area contributed by atoms with E-state index in [0.717, 1.165) is 52.9 Å². The molecular weight excluding hydrogens is 375 g/mol. The molecule has 0 amide bonds. The molecule has 1 unspecified atom stereocenters. The van der Waals surface area contributed by atoms with Crippen LogP contribution in [0.5, 0.6) is 0 Å². The highest BCUT2D eigenvalue weighted by Gasteiger charge is 2.31. The molecule has 0 saturated heterocycles. The van der Waals surface area contributed by atoms with Crippen molar-refractivity contribution in [1.82, 2.24) is 0 Å². The minimum Gasteiger partial charge on any atom is -0.359 e. The van der Waals surface area contributed by atoms with Gasteiger partial charge in [0.25, 0.3) is 0 Å². The van der Waals surface area contributed by atoms with Crippen molar-refractivity contribution >= 4 is 5.69 Å². The zero-order valence-corrected chi connectivity index (χ0v) is 16.1. The van der Waals surface area contributed by atoms with Crippen LogP contribution in [0.2, 0.25) is 0 Å². The Morgan fingerprint density at radius 3 is 2.59 bits per heavy atom. The smallest absolute Gasteiger partial charge is 0.359 e. The van der Waals surface area contributed by atoms with E-state index in [9.17, 15) is 13.2 Å². The highest BCUT2D eigenvalue weighted by atomic mass is 19.4. The van der Waals surface area contributed by atoms with Gasteiger partial charge >= 0.3 is 6.18 Å². The van der Waals surface area contributed by atoms with Crippen LogP contribution in [-0.2, 0) is 6.18 Å². The number of halogens is 3. The van der Waals surface area contributed by atoms with Gasteiger partial charge in [-0.15, -0.1) is 0 Å². The molecule has 2 aromatic carbocycles. The molecule has 3 N–H and O–H groups in total. The zero-order chi connectivity index (χ0) is 21.2. The summed E-state index contributed by atoms with van der Waals surface area (Å²) in [6.07, 6.45) is -2.09. The van der Waals surface area contributed by atoms with Crippen molar-refractivity contribution in [1.29, 1.82) is 5.26 Å². The third-order valence-electron chi connectivity index (χ3n) is 5.14. The number of nitriles is 1. The van der Waals surface area contributed by atoms with Gasteiger partial charge in [0.1, 0.15) is 0 Å². The van der Waals surface area contributed by atoms with Crippen molar-refractivity contribution in [2.45, 2.75) is 38.4 Å². The molecule has 0 aliphatic heterocycles. The van der Waals surface area contributed by atoms with E-state index in [2.05, 4.69) is 18.0 Å². The van der Waals surface area contributed by atoms with Crippen LogP contribution in [0.25, 0.3) is 0 Å². The Morgan fingerprint density at radius 1 is 1.17 bits per heavy atom. The van der Waals surface area contributed by atoms with E-state index in [1.165, 1.54) is 6.07 Å². The largest absolute Gasteiger partial charge is 0.416 e. The molecule has 3 nitrogen and oxygen atoms in total. The predicted molar refractivity (Wildman–Crippen MR) is 108 cm³/mol. The fourth-order valence-corrected chi connectivity index (χ4v) is 3.70. The normalized spacial score (nSPS) is 15.8. The van der Waals surface area contributed by atoms with Crippen LogP contribution in [0.4, 0.5) is 18.9 Å². The number of nitrogens with two attached hydrogens (primary N) is 1. The minimum absolute atomic E-state index is 0.366. The Bertz CT molecular complexity index is 1010. The molecule has 0 spiro atoms. The van der Waals surface area contributed by atoms with Gasteiger partial charge in [0.05, 0.1) is 23.2 Å². The van der Waals surface area contributed by atoms with Gasteiger partial charge in [0.15, 0.2) is 0 Å². The molecule has 0 fully saturated rings. The molecule has 0 aromatic heterocycles. The lowest BCUT2D eigenvalue weighted by molar-refractivity contribution is -0.137. The lowest BCUT2D eigenvalue weighted by Gasteiger charge is -2.29. The maximum Gasteiger partial charge on any atom is 0.416 e. The summed E-state index contributed by atoms with van der Waals surface area (Å²) in [7, 11) is 0. The average molecular weight is 397 g/mol. The van der Waals surface area contributed by atoms with Crippen molar-refractivity contribution in [3.8, 4) is 6.07 Å². The van der Waals surface area contributed by atoms with E-state index in [-0.39, 0.29) is 0 Å². The second-order valence-electron chi connectivity index (χ2n) is 7.21. The molecule has 0 radical (unpaired) electrons. The van der Waals surface area contributed by atoms with E-state index in [1.807, 2.05) is 13.0 Å². The Labute approximate surface area is 168 Å². The van der Waals surface area contributed by atoms with E-state index in [4.69, 9.17) is 11.0 Å². The number of allylic oxidation sites excluding steroid dienone is 1. The second kappa shape index (κ2) is 8.14. The summed E-state index contributed by atoms with van der Waals surface area (Å²) in [5.74, 6) is 0. The Morgan fingerprint density at radius 2 is 1.93 bits per heavy atom. The summed E-state index contributed by atoms with van der Waals surface area (Å²) < 4.78 is 39.1. The quantitative estimate of drug-likeness (QED) is 0.666. The topological polar surface area (TPSA) is 61.8 Å². The van der Waals surface area contributed by atoms with Gasteiger partial charge in [0.2, 0.25) is 0 Å². The fraction of sp³-hybridized carbons (Fsp3) is 0.261. The second-order valence-corrected chi connectivity index (χ2v) is 7.21. The number of hydrogen-bond donors (Lipinski definition) is 2. The van der Waals surface area contributed by atoms with Gasteiger partial charge in [-0.1, -0.05) is 18.7 Å². The van der Waals surface area contributed by atoms with Crippen molar-refractivity contribution < 1.29 is 13.2 Å². The summed E-state index contributed by atoms with van der Waals surface area (Å²) in [5, 5.41) is 12.2. The molecule has 1 aliphatic carbocycles. The molecule has 29 heavy (non-hydrogen) atoms. The van der Waals surface area contributed by atoms with Crippen LogP contribution >= 0.6 is 0 Å². The standard InChI is InChI=1S/C23H22F3N3/c1-14-5-3-8-20(29-18-7-4-6-17(12-18)23(24,25)26)21(14)22(28)19-10-9-16(13-27)11-15(19)2/h4,6-7,9-12,22,29H,1,3,5,8,28H2,2H3. The van der Waals surface area contributed by atoms with Crippen LogP contribution in [0.15, 0.2) is 65.9 Å². The first-order valence-corrected chi connectivity index (χ1v) is 9.32. The van der Waals surface area contributed by atoms with E-state index >= 15 is 0 Å². The first kappa shape index (κ1) is 20.7. The third kappa shape index (κ3) is 4.52. The maximum absolute atomic E-state index is 13.0. The summed E-state index contributed by atoms with van der Waals surface area (Å²) in [6, 6.07) is 12.1. The number of aryl methyl sites for hydroxylation is 1. The SMILES string of the molecule is C=C1CCCC(Nc2cccc(C(F)(F)F)c2)=C1C(N)c1ccc(C#N)cc1C. The molecule has 0 heterocycles. The van der Waals surface area contributed by atoms with Crippen LogP contribution < -0.4 is 11.1 Å². The minimum atomic E-state index is -4.40. The number of anilines is 1. The predicted octanol–water partition coefficient (Wildman–Crippen LogP) is 5.99. The highest BCUT2D eigenvalue weighted by molar-refractivity contribution is 5.56. The molecule has 150 valence electrons. The monoisotopic (exact) mass is 397 g/mol. The Kier molecular flexibility index (Phi) is 5.81. The molecule has 1 atom stereocenters. The fourth-order valence-electron chi connectivity index (χ4n) is 3.70. The summed E-state index contributed by atoms with van der Waals surface area (Å²) >= 11 is 0. The summed E-state index contributed by atoms with van der Waals surface area (Å²) in [4.78, 5) is 0. The van der Waals surface area contributed by atoms with Crippen molar-refractivity contribution in [2.24, 2.45) is 5.73 Å². The molecular formula is C23H22F3N3. The lowest BCUT2D eigenvalue weighted by atomic mass is 9.83. The maximum atomic E-state index is 13.0. The highest BCUT2D eigenvalue weighted by Crippen LogP contribution is 2.38. The number of benzene rings is 2. The van der Waals surface area contributed by atoms with E-state index < -0.39 is 17.8 Å². The van der Waals surface area contributed by atoms with Gasteiger partial charge < -0.3 is 11.1 Å². The number of hydrogen-bond acceptors (Lipinski definition) is 3. The van der Waals surface area contributed by atoms with Gasteiger partial charge in [-0.05, 0) is 78.8 Å². The average Bonchev–Trinajstić information content (AvgIpc) is 2.67. The molecule has 0 saturated carbocycles. The molecule has 1 aliphatic rings. The number of rotatable bonds is 4. The third-order valence-corrected chi connectivity index (χ3v) is 5.14. The lowest BCUT2D eigenvalue weighted by Crippen LogP contribution is -2.22. The van der Waals surface area contributed by atoms with Crippen molar-refractivity contribution in [3.63, 3.8) is 0 Å².